The Morgan fingerprint density at radius 1 is 1.07 bits per heavy atom. The van der Waals surface area contributed by atoms with Crippen molar-refractivity contribution >= 4 is 33.4 Å². The number of hydrogen-bond acceptors (Lipinski definition) is 5. The van der Waals surface area contributed by atoms with Gasteiger partial charge in [0.05, 0.1) is 22.8 Å². The Bertz CT molecular complexity index is 790. The molecule has 1 aromatic rings. The van der Waals surface area contributed by atoms with E-state index in [4.69, 9.17) is 0 Å². The number of nitrogens with one attached hydrogen (secondary N) is 1. The van der Waals surface area contributed by atoms with E-state index in [1.807, 2.05) is 12.1 Å². The Kier molecular flexibility index (Phi) is 7.40. The quantitative estimate of drug-likeness (QED) is 0.709. The van der Waals surface area contributed by atoms with E-state index in [9.17, 15) is 18.0 Å². The van der Waals surface area contributed by atoms with E-state index in [1.165, 1.54) is 43.9 Å². The highest BCUT2D eigenvalue weighted by molar-refractivity contribution is 8.00. The first kappa shape index (κ1) is 21.2. The average Bonchev–Trinajstić information content (AvgIpc) is 2.71. The number of rotatable bonds is 6. The third-order valence-corrected chi connectivity index (χ3v) is 8.10. The molecule has 1 heterocycles. The van der Waals surface area contributed by atoms with Crippen LogP contribution in [0.4, 0.5) is 0 Å². The molecule has 0 radical (unpaired) electrons. The number of carbonyl (C=O) groups excluding carboxylic acids is 2. The van der Waals surface area contributed by atoms with Crippen LogP contribution in [0.1, 0.15) is 42.5 Å². The van der Waals surface area contributed by atoms with E-state index in [2.05, 4.69) is 5.32 Å². The summed E-state index contributed by atoms with van der Waals surface area (Å²) in [6, 6.07) is 7.22. The lowest BCUT2D eigenvalue weighted by Gasteiger charge is -2.27. The molecule has 0 unspecified atom stereocenters. The monoisotopic (exact) mass is 424 g/mol. The molecule has 28 heavy (non-hydrogen) atoms. The summed E-state index contributed by atoms with van der Waals surface area (Å²) in [5, 5.41) is 3.02. The van der Waals surface area contributed by atoms with E-state index in [0.29, 0.717) is 11.5 Å². The molecule has 0 aromatic heterocycles. The number of benzene rings is 1. The molecule has 1 saturated carbocycles. The molecule has 3 rings (SSSR count). The molecule has 2 aliphatic rings. The van der Waals surface area contributed by atoms with Crippen LogP contribution in [0, 0.1) is 5.92 Å². The van der Waals surface area contributed by atoms with E-state index >= 15 is 0 Å². The van der Waals surface area contributed by atoms with Crippen molar-refractivity contribution < 1.29 is 18.0 Å². The minimum absolute atomic E-state index is 0.0115. The molecular weight excluding hydrogens is 396 g/mol. The smallest absolute Gasteiger partial charge is 0.255 e. The van der Waals surface area contributed by atoms with Crippen LogP contribution in [0.2, 0.25) is 0 Å². The predicted molar refractivity (Wildman–Crippen MR) is 111 cm³/mol. The van der Waals surface area contributed by atoms with Gasteiger partial charge in [-0.05, 0) is 30.9 Å². The molecule has 6 nitrogen and oxygen atoms in total. The SMILES string of the molecule is O=C(CSc1ccccc1C(=O)N1CCS(=O)(=O)CC1)NCC1CCCCC1. The summed E-state index contributed by atoms with van der Waals surface area (Å²) in [7, 11) is -3.03. The Morgan fingerprint density at radius 2 is 1.75 bits per heavy atom. The standard InChI is InChI=1S/C20H28N2O4S2/c23-19(21-14-16-6-2-1-3-7-16)15-27-18-9-5-4-8-17(18)20(24)22-10-12-28(25,26)13-11-22/h4-5,8-9,16H,1-3,6-7,10-15H2,(H,21,23). The minimum Gasteiger partial charge on any atom is -0.355 e. The van der Waals surface area contributed by atoms with Crippen LogP contribution >= 0.6 is 11.8 Å². The minimum atomic E-state index is -3.03. The van der Waals surface area contributed by atoms with Gasteiger partial charge in [0, 0.05) is 24.5 Å². The van der Waals surface area contributed by atoms with Gasteiger partial charge in [0.2, 0.25) is 5.91 Å². The fourth-order valence-electron chi connectivity index (χ4n) is 3.70. The lowest BCUT2D eigenvalue weighted by molar-refractivity contribution is -0.118. The van der Waals surface area contributed by atoms with Gasteiger partial charge in [0.1, 0.15) is 0 Å². The second-order valence-electron chi connectivity index (χ2n) is 7.54. The summed E-state index contributed by atoms with van der Waals surface area (Å²) in [6.07, 6.45) is 6.19. The first-order chi connectivity index (χ1) is 13.4. The topological polar surface area (TPSA) is 83.6 Å². The first-order valence-electron chi connectivity index (χ1n) is 9.93. The highest BCUT2D eigenvalue weighted by Crippen LogP contribution is 2.25. The number of sulfone groups is 1. The molecular formula is C20H28N2O4S2. The maximum Gasteiger partial charge on any atom is 0.255 e. The van der Waals surface area contributed by atoms with Crippen molar-refractivity contribution in [2.75, 3.05) is 36.9 Å². The van der Waals surface area contributed by atoms with Gasteiger partial charge in [-0.2, -0.15) is 0 Å². The molecule has 1 aromatic carbocycles. The van der Waals surface area contributed by atoms with E-state index in [-0.39, 0.29) is 42.2 Å². The summed E-state index contributed by atoms with van der Waals surface area (Å²) in [6.45, 7) is 1.19. The lowest BCUT2D eigenvalue weighted by atomic mass is 9.89. The molecule has 8 heteroatoms. The number of nitrogens with zero attached hydrogens (tertiary/aromatic N) is 1. The van der Waals surface area contributed by atoms with Crippen LogP contribution in [0.15, 0.2) is 29.2 Å². The molecule has 1 aliphatic heterocycles. The van der Waals surface area contributed by atoms with Gasteiger partial charge < -0.3 is 10.2 Å². The summed E-state index contributed by atoms with van der Waals surface area (Å²) >= 11 is 1.36. The Hall–Kier alpha value is -1.54. The molecule has 2 fully saturated rings. The fraction of sp³-hybridized carbons (Fsp3) is 0.600. The molecule has 2 amide bonds. The van der Waals surface area contributed by atoms with Gasteiger partial charge in [-0.3, -0.25) is 9.59 Å². The molecule has 0 spiro atoms. The van der Waals surface area contributed by atoms with Crippen LogP contribution < -0.4 is 5.32 Å². The van der Waals surface area contributed by atoms with Crippen LogP contribution in [-0.2, 0) is 14.6 Å². The first-order valence-corrected chi connectivity index (χ1v) is 12.7. The van der Waals surface area contributed by atoms with E-state index in [1.54, 1.807) is 17.0 Å². The van der Waals surface area contributed by atoms with Crippen molar-refractivity contribution in [2.45, 2.75) is 37.0 Å². The normalized spacial score (nSPS) is 19.9. The Labute approximate surface area is 171 Å². The second kappa shape index (κ2) is 9.78. The summed E-state index contributed by atoms with van der Waals surface area (Å²) in [5.41, 5.74) is 0.534. The lowest BCUT2D eigenvalue weighted by Crippen LogP contribution is -2.43. The zero-order valence-corrected chi connectivity index (χ0v) is 17.7. The van der Waals surface area contributed by atoms with Gasteiger partial charge in [0.25, 0.3) is 5.91 Å². The van der Waals surface area contributed by atoms with E-state index in [0.717, 1.165) is 11.4 Å². The van der Waals surface area contributed by atoms with Crippen LogP contribution in [0.5, 0.6) is 0 Å². The van der Waals surface area contributed by atoms with Crippen LogP contribution in [-0.4, -0.2) is 62.0 Å². The third-order valence-electron chi connectivity index (χ3n) is 5.42. The summed E-state index contributed by atoms with van der Waals surface area (Å²) in [4.78, 5) is 27.4. The molecule has 1 aliphatic carbocycles. The van der Waals surface area contributed by atoms with Gasteiger partial charge in [-0.15, -0.1) is 11.8 Å². The Balaban J connectivity index is 1.53. The van der Waals surface area contributed by atoms with Crippen molar-refractivity contribution in [3.63, 3.8) is 0 Å². The molecule has 0 atom stereocenters. The maximum atomic E-state index is 12.8. The van der Waals surface area contributed by atoms with Gasteiger partial charge in [-0.25, -0.2) is 8.42 Å². The fourth-order valence-corrected chi connectivity index (χ4v) is 5.77. The van der Waals surface area contributed by atoms with Crippen LogP contribution in [0.25, 0.3) is 0 Å². The predicted octanol–water partition coefficient (Wildman–Crippen LogP) is 2.35. The summed E-state index contributed by atoms with van der Waals surface area (Å²) < 4.78 is 23.2. The van der Waals surface area contributed by atoms with Crippen molar-refractivity contribution in [1.29, 1.82) is 0 Å². The van der Waals surface area contributed by atoms with Crippen LogP contribution in [0.3, 0.4) is 0 Å². The van der Waals surface area contributed by atoms with Crippen molar-refractivity contribution in [2.24, 2.45) is 5.92 Å². The summed E-state index contributed by atoms with van der Waals surface area (Å²) in [5.74, 6) is 0.704. The largest absolute Gasteiger partial charge is 0.355 e. The molecule has 0 bridgehead atoms. The van der Waals surface area contributed by atoms with Gasteiger partial charge in [-0.1, -0.05) is 31.4 Å². The van der Waals surface area contributed by atoms with Gasteiger partial charge >= 0.3 is 0 Å². The van der Waals surface area contributed by atoms with Crippen molar-refractivity contribution in [1.82, 2.24) is 10.2 Å². The third kappa shape index (κ3) is 5.98. The maximum absolute atomic E-state index is 12.8. The number of thioether (sulfide) groups is 1. The Morgan fingerprint density at radius 3 is 2.46 bits per heavy atom. The zero-order valence-electron chi connectivity index (χ0n) is 16.1. The second-order valence-corrected chi connectivity index (χ2v) is 10.9. The number of amides is 2. The zero-order chi connectivity index (χ0) is 20.0. The van der Waals surface area contributed by atoms with E-state index < -0.39 is 9.84 Å². The molecule has 1 saturated heterocycles. The van der Waals surface area contributed by atoms with Crippen molar-refractivity contribution in [3.05, 3.63) is 29.8 Å². The number of carbonyl (C=O) groups is 2. The van der Waals surface area contributed by atoms with Crippen molar-refractivity contribution in [3.8, 4) is 0 Å². The van der Waals surface area contributed by atoms with Gasteiger partial charge in [0.15, 0.2) is 9.84 Å². The molecule has 1 N–H and O–H groups in total. The molecule has 154 valence electrons. The number of hydrogen-bond donors (Lipinski definition) is 1. The highest BCUT2D eigenvalue weighted by Gasteiger charge is 2.27. The average molecular weight is 425 g/mol. The highest BCUT2D eigenvalue weighted by atomic mass is 32.2.